The zero-order chi connectivity index (χ0) is 13.2. The van der Waals surface area contributed by atoms with E-state index in [1.807, 2.05) is 30.3 Å². The lowest BCUT2D eigenvalue weighted by molar-refractivity contribution is 0.246. The lowest BCUT2D eigenvalue weighted by Crippen LogP contribution is -2.41. The summed E-state index contributed by atoms with van der Waals surface area (Å²) >= 11 is 0. The van der Waals surface area contributed by atoms with Gasteiger partial charge in [-0.3, -0.25) is 4.90 Å². The topological polar surface area (TPSA) is 58.4 Å². The summed E-state index contributed by atoms with van der Waals surface area (Å²) in [5.41, 5.74) is 6.43. The van der Waals surface area contributed by atoms with Crippen LogP contribution in [0.4, 0.5) is 10.5 Å². The molecule has 3 N–H and O–H groups in total. The Balaban J connectivity index is 2.63. The predicted molar refractivity (Wildman–Crippen MR) is 75.8 cm³/mol. The van der Waals surface area contributed by atoms with E-state index in [0.29, 0.717) is 13.1 Å². The summed E-state index contributed by atoms with van der Waals surface area (Å²) in [6.07, 6.45) is 2.88. The molecule has 1 aromatic carbocycles. The van der Waals surface area contributed by atoms with Crippen LogP contribution in [0.5, 0.6) is 0 Å². The van der Waals surface area contributed by atoms with Crippen molar-refractivity contribution in [3.05, 3.63) is 30.3 Å². The Kier molecular flexibility index (Phi) is 6.87. The monoisotopic (exact) mass is 249 g/mol. The van der Waals surface area contributed by atoms with Crippen LogP contribution in [0.3, 0.4) is 0 Å². The van der Waals surface area contributed by atoms with Crippen molar-refractivity contribution in [3.8, 4) is 0 Å². The average Bonchev–Trinajstić information content (AvgIpc) is 2.41. The zero-order valence-electron chi connectivity index (χ0n) is 11.1. The molecule has 0 atom stereocenters. The molecule has 0 aliphatic rings. The van der Waals surface area contributed by atoms with Crippen molar-refractivity contribution in [3.63, 3.8) is 0 Å². The summed E-state index contributed by atoms with van der Waals surface area (Å²) < 4.78 is 0. The molecule has 0 aromatic heterocycles. The Morgan fingerprint density at radius 3 is 2.61 bits per heavy atom. The van der Waals surface area contributed by atoms with E-state index in [2.05, 4.69) is 12.2 Å². The van der Waals surface area contributed by atoms with Gasteiger partial charge in [0.2, 0.25) is 0 Å². The number of hydrogen-bond donors (Lipinski definition) is 2. The molecule has 0 aliphatic heterocycles. The molecule has 0 heterocycles. The van der Waals surface area contributed by atoms with Crippen LogP contribution in [0.2, 0.25) is 0 Å². The van der Waals surface area contributed by atoms with E-state index in [0.717, 1.165) is 31.5 Å². The molecule has 0 radical (unpaired) electrons. The van der Waals surface area contributed by atoms with E-state index in [1.165, 1.54) is 0 Å². The second kappa shape index (κ2) is 8.53. The van der Waals surface area contributed by atoms with Gasteiger partial charge in [-0.05, 0) is 31.5 Å². The Hall–Kier alpha value is -1.55. The van der Waals surface area contributed by atoms with Gasteiger partial charge in [-0.25, -0.2) is 4.79 Å². The standard InChI is InChI=1S/C14H23N3O/c1-2-3-11-16-14(18)17(12-7-10-15)13-8-5-4-6-9-13/h4-6,8-9H,2-3,7,10-12,15H2,1H3,(H,16,18). The molecule has 0 fully saturated rings. The number of unbranched alkanes of at least 4 members (excludes halogenated alkanes) is 1. The number of urea groups is 1. The second-order valence-corrected chi connectivity index (χ2v) is 4.21. The lowest BCUT2D eigenvalue weighted by Gasteiger charge is -2.23. The molecule has 100 valence electrons. The van der Waals surface area contributed by atoms with Crippen LogP contribution in [-0.2, 0) is 0 Å². The van der Waals surface area contributed by atoms with Gasteiger partial charge in [-0.1, -0.05) is 31.5 Å². The number of carbonyl (C=O) groups is 1. The summed E-state index contributed by atoms with van der Waals surface area (Å²) in [5, 5.41) is 2.94. The van der Waals surface area contributed by atoms with Crippen LogP contribution in [0.1, 0.15) is 26.2 Å². The van der Waals surface area contributed by atoms with Gasteiger partial charge in [-0.2, -0.15) is 0 Å². The molecule has 18 heavy (non-hydrogen) atoms. The molecule has 0 saturated heterocycles. The van der Waals surface area contributed by atoms with Crippen molar-refractivity contribution in [1.29, 1.82) is 0 Å². The maximum Gasteiger partial charge on any atom is 0.321 e. The molecule has 2 amide bonds. The number of para-hydroxylation sites is 1. The molecule has 1 rings (SSSR count). The number of benzene rings is 1. The van der Waals surface area contributed by atoms with Crippen molar-refractivity contribution in [1.82, 2.24) is 5.32 Å². The fourth-order valence-electron chi connectivity index (χ4n) is 1.67. The van der Waals surface area contributed by atoms with Crippen LogP contribution < -0.4 is 16.0 Å². The fraction of sp³-hybridized carbons (Fsp3) is 0.500. The zero-order valence-corrected chi connectivity index (χ0v) is 11.1. The van der Waals surface area contributed by atoms with Gasteiger partial charge in [0, 0.05) is 18.8 Å². The summed E-state index contributed by atoms with van der Waals surface area (Å²) in [5.74, 6) is 0. The molecule has 0 aliphatic carbocycles. The van der Waals surface area contributed by atoms with Gasteiger partial charge in [0.15, 0.2) is 0 Å². The number of nitrogens with two attached hydrogens (primary N) is 1. The Bertz CT molecular complexity index is 340. The van der Waals surface area contributed by atoms with Crippen molar-refractivity contribution in [2.75, 3.05) is 24.5 Å². The molecular weight excluding hydrogens is 226 g/mol. The molecule has 0 bridgehead atoms. The van der Waals surface area contributed by atoms with E-state index >= 15 is 0 Å². The van der Waals surface area contributed by atoms with Crippen LogP contribution in [0, 0.1) is 0 Å². The second-order valence-electron chi connectivity index (χ2n) is 4.21. The Labute approximate surface area is 109 Å². The smallest absolute Gasteiger partial charge is 0.321 e. The van der Waals surface area contributed by atoms with Crippen molar-refractivity contribution in [2.24, 2.45) is 5.73 Å². The lowest BCUT2D eigenvalue weighted by atomic mass is 10.2. The van der Waals surface area contributed by atoms with Gasteiger partial charge in [0.1, 0.15) is 0 Å². The van der Waals surface area contributed by atoms with Crippen molar-refractivity contribution >= 4 is 11.7 Å². The third kappa shape index (κ3) is 4.75. The van der Waals surface area contributed by atoms with E-state index in [1.54, 1.807) is 4.90 Å². The fourth-order valence-corrected chi connectivity index (χ4v) is 1.67. The van der Waals surface area contributed by atoms with E-state index in [4.69, 9.17) is 5.73 Å². The molecular formula is C14H23N3O. The molecule has 0 saturated carbocycles. The third-order valence-corrected chi connectivity index (χ3v) is 2.71. The van der Waals surface area contributed by atoms with Gasteiger partial charge >= 0.3 is 6.03 Å². The SMILES string of the molecule is CCCCNC(=O)N(CCCN)c1ccccc1. The van der Waals surface area contributed by atoms with Crippen molar-refractivity contribution < 1.29 is 4.79 Å². The van der Waals surface area contributed by atoms with Crippen LogP contribution >= 0.6 is 0 Å². The van der Waals surface area contributed by atoms with Crippen LogP contribution in [-0.4, -0.2) is 25.7 Å². The highest BCUT2D eigenvalue weighted by molar-refractivity contribution is 5.91. The van der Waals surface area contributed by atoms with Gasteiger partial charge in [-0.15, -0.1) is 0 Å². The maximum atomic E-state index is 12.1. The highest BCUT2D eigenvalue weighted by Crippen LogP contribution is 2.13. The van der Waals surface area contributed by atoms with Crippen LogP contribution in [0.25, 0.3) is 0 Å². The Morgan fingerprint density at radius 2 is 2.00 bits per heavy atom. The molecule has 1 aromatic rings. The highest BCUT2D eigenvalue weighted by atomic mass is 16.2. The number of anilines is 1. The molecule has 0 spiro atoms. The molecule has 4 nitrogen and oxygen atoms in total. The molecule has 0 unspecified atom stereocenters. The largest absolute Gasteiger partial charge is 0.338 e. The first-order valence-corrected chi connectivity index (χ1v) is 6.60. The summed E-state index contributed by atoms with van der Waals surface area (Å²) in [4.78, 5) is 13.9. The van der Waals surface area contributed by atoms with E-state index in [9.17, 15) is 4.79 Å². The first-order chi connectivity index (χ1) is 8.79. The summed E-state index contributed by atoms with van der Waals surface area (Å²) in [6.45, 7) is 4.07. The quantitative estimate of drug-likeness (QED) is 0.729. The van der Waals surface area contributed by atoms with Crippen LogP contribution in [0.15, 0.2) is 30.3 Å². The maximum absolute atomic E-state index is 12.1. The van der Waals surface area contributed by atoms with Crippen molar-refractivity contribution in [2.45, 2.75) is 26.2 Å². The number of rotatable bonds is 7. The van der Waals surface area contributed by atoms with Gasteiger partial charge < -0.3 is 11.1 Å². The average molecular weight is 249 g/mol. The minimum Gasteiger partial charge on any atom is -0.338 e. The predicted octanol–water partition coefficient (Wildman–Crippen LogP) is 2.35. The number of amides is 2. The van der Waals surface area contributed by atoms with E-state index in [-0.39, 0.29) is 6.03 Å². The number of nitrogens with zero attached hydrogens (tertiary/aromatic N) is 1. The normalized spacial score (nSPS) is 10.1. The van der Waals surface area contributed by atoms with Gasteiger partial charge in [0.05, 0.1) is 0 Å². The number of nitrogens with one attached hydrogen (secondary N) is 1. The Morgan fingerprint density at radius 1 is 1.28 bits per heavy atom. The molecule has 4 heteroatoms. The third-order valence-electron chi connectivity index (χ3n) is 2.71. The minimum atomic E-state index is -0.0388. The van der Waals surface area contributed by atoms with E-state index < -0.39 is 0 Å². The van der Waals surface area contributed by atoms with Gasteiger partial charge in [0.25, 0.3) is 0 Å². The number of hydrogen-bond acceptors (Lipinski definition) is 2. The number of carbonyl (C=O) groups excluding carboxylic acids is 1. The first-order valence-electron chi connectivity index (χ1n) is 6.60. The first kappa shape index (κ1) is 14.5. The summed E-state index contributed by atoms with van der Waals surface area (Å²) in [7, 11) is 0. The highest BCUT2D eigenvalue weighted by Gasteiger charge is 2.13. The minimum absolute atomic E-state index is 0.0388. The summed E-state index contributed by atoms with van der Waals surface area (Å²) in [6, 6.07) is 9.66.